The van der Waals surface area contributed by atoms with Crippen LogP contribution in [0.1, 0.15) is 26.9 Å². The second-order valence-corrected chi connectivity index (χ2v) is 6.66. The zero-order valence-electron chi connectivity index (χ0n) is 10.8. The van der Waals surface area contributed by atoms with E-state index in [9.17, 15) is 0 Å². The molecule has 0 spiro atoms. The van der Waals surface area contributed by atoms with Crippen molar-refractivity contribution in [1.29, 1.82) is 0 Å². The summed E-state index contributed by atoms with van der Waals surface area (Å²) in [5, 5.41) is 1.15. The van der Waals surface area contributed by atoms with Crippen molar-refractivity contribution in [1.82, 2.24) is 5.43 Å². The van der Waals surface area contributed by atoms with Gasteiger partial charge >= 0.3 is 0 Å². The predicted molar refractivity (Wildman–Crippen MR) is 84.0 cm³/mol. The standard InChI is InChI=1S/C14H16Cl2N2S/c1-8-5-14(19-9(8)2)13(18-17)7-10-3-4-11(15)12(16)6-10/h3-6,13,18H,7,17H2,1-2H3. The lowest BCUT2D eigenvalue weighted by molar-refractivity contribution is 0.560. The average molecular weight is 315 g/mol. The number of nitrogens with one attached hydrogen (secondary N) is 1. The number of hydrogen-bond acceptors (Lipinski definition) is 3. The highest BCUT2D eigenvalue weighted by Gasteiger charge is 2.14. The molecule has 0 fully saturated rings. The Labute approximate surface area is 127 Å². The number of halogens is 2. The summed E-state index contributed by atoms with van der Waals surface area (Å²) in [5.74, 6) is 5.68. The van der Waals surface area contributed by atoms with E-state index in [1.165, 1.54) is 15.3 Å². The maximum absolute atomic E-state index is 6.03. The van der Waals surface area contributed by atoms with E-state index in [-0.39, 0.29) is 6.04 Å². The third-order valence-electron chi connectivity index (χ3n) is 3.15. The predicted octanol–water partition coefficient (Wildman–Crippen LogP) is 4.42. The minimum Gasteiger partial charge on any atom is -0.271 e. The van der Waals surface area contributed by atoms with Gasteiger partial charge in [-0.1, -0.05) is 29.3 Å². The van der Waals surface area contributed by atoms with E-state index < -0.39 is 0 Å². The van der Waals surface area contributed by atoms with Crippen molar-refractivity contribution in [3.8, 4) is 0 Å². The van der Waals surface area contributed by atoms with Gasteiger partial charge in [-0.05, 0) is 49.6 Å². The molecule has 0 saturated heterocycles. The van der Waals surface area contributed by atoms with Crippen LogP contribution in [0.3, 0.4) is 0 Å². The molecule has 1 unspecified atom stereocenters. The first-order valence-electron chi connectivity index (χ1n) is 5.98. The number of hydrogen-bond donors (Lipinski definition) is 2. The van der Waals surface area contributed by atoms with Gasteiger partial charge in [0.25, 0.3) is 0 Å². The van der Waals surface area contributed by atoms with Crippen LogP contribution in [0.2, 0.25) is 10.0 Å². The zero-order chi connectivity index (χ0) is 14.0. The van der Waals surface area contributed by atoms with Crippen molar-refractivity contribution >= 4 is 34.5 Å². The van der Waals surface area contributed by atoms with Crippen molar-refractivity contribution < 1.29 is 0 Å². The van der Waals surface area contributed by atoms with E-state index in [0.29, 0.717) is 10.0 Å². The molecule has 2 nitrogen and oxygen atoms in total. The lowest BCUT2D eigenvalue weighted by Crippen LogP contribution is -2.28. The Morgan fingerprint density at radius 2 is 1.95 bits per heavy atom. The van der Waals surface area contributed by atoms with Gasteiger partial charge in [0.05, 0.1) is 16.1 Å². The second kappa shape index (κ2) is 6.25. The summed E-state index contributed by atoms with van der Waals surface area (Å²) < 4.78 is 0. The molecule has 1 heterocycles. The van der Waals surface area contributed by atoms with Crippen LogP contribution in [0.4, 0.5) is 0 Å². The molecule has 1 atom stereocenters. The molecule has 1 aromatic heterocycles. The maximum Gasteiger partial charge on any atom is 0.0595 e. The fourth-order valence-electron chi connectivity index (χ4n) is 1.92. The second-order valence-electron chi connectivity index (χ2n) is 4.56. The van der Waals surface area contributed by atoms with E-state index in [2.05, 4.69) is 25.3 Å². The number of rotatable bonds is 4. The quantitative estimate of drug-likeness (QED) is 0.647. The highest BCUT2D eigenvalue weighted by Crippen LogP contribution is 2.30. The summed E-state index contributed by atoms with van der Waals surface area (Å²) >= 11 is 13.7. The lowest BCUT2D eigenvalue weighted by Gasteiger charge is -2.14. The topological polar surface area (TPSA) is 38.0 Å². The average Bonchev–Trinajstić information content (AvgIpc) is 2.71. The molecule has 2 rings (SSSR count). The summed E-state index contributed by atoms with van der Waals surface area (Å²) in [5.41, 5.74) is 5.29. The molecule has 2 aromatic rings. The minimum absolute atomic E-state index is 0.0923. The number of nitrogens with two attached hydrogens (primary N) is 1. The molecular weight excluding hydrogens is 299 g/mol. The first kappa shape index (κ1) is 14.8. The van der Waals surface area contributed by atoms with Gasteiger partial charge in [0.1, 0.15) is 0 Å². The molecule has 3 N–H and O–H groups in total. The molecule has 1 aromatic carbocycles. The van der Waals surface area contributed by atoms with Crippen LogP contribution in [0, 0.1) is 13.8 Å². The molecule has 0 aliphatic heterocycles. The Morgan fingerprint density at radius 3 is 2.47 bits per heavy atom. The number of aryl methyl sites for hydroxylation is 2. The summed E-state index contributed by atoms with van der Waals surface area (Å²) in [6.07, 6.45) is 0.785. The smallest absolute Gasteiger partial charge is 0.0595 e. The van der Waals surface area contributed by atoms with Gasteiger partial charge in [-0.2, -0.15) is 0 Å². The molecule has 102 valence electrons. The number of thiophene rings is 1. The van der Waals surface area contributed by atoms with Gasteiger partial charge < -0.3 is 0 Å². The van der Waals surface area contributed by atoms with Crippen molar-refractivity contribution in [2.75, 3.05) is 0 Å². The Hall–Kier alpha value is -0.580. The SMILES string of the molecule is Cc1cc(C(Cc2ccc(Cl)c(Cl)c2)NN)sc1C. The third kappa shape index (κ3) is 3.50. The van der Waals surface area contributed by atoms with E-state index in [0.717, 1.165) is 12.0 Å². The summed E-state index contributed by atoms with van der Waals surface area (Å²) in [6, 6.07) is 7.96. The van der Waals surface area contributed by atoms with Gasteiger partial charge in [-0.15, -0.1) is 11.3 Å². The normalized spacial score (nSPS) is 12.7. The summed E-state index contributed by atoms with van der Waals surface area (Å²) in [6.45, 7) is 4.23. The Balaban J connectivity index is 2.21. The minimum atomic E-state index is 0.0923. The van der Waals surface area contributed by atoms with E-state index in [1.807, 2.05) is 18.2 Å². The monoisotopic (exact) mass is 314 g/mol. The van der Waals surface area contributed by atoms with E-state index in [1.54, 1.807) is 11.3 Å². The maximum atomic E-state index is 6.03. The first-order chi connectivity index (χ1) is 9.01. The van der Waals surface area contributed by atoms with Crippen molar-refractivity contribution in [3.05, 3.63) is 55.2 Å². The highest BCUT2D eigenvalue weighted by atomic mass is 35.5. The van der Waals surface area contributed by atoms with Crippen LogP contribution in [0.5, 0.6) is 0 Å². The summed E-state index contributed by atoms with van der Waals surface area (Å²) in [7, 11) is 0. The molecule has 0 bridgehead atoms. The largest absolute Gasteiger partial charge is 0.271 e. The fraction of sp³-hybridized carbons (Fsp3) is 0.286. The molecule has 0 radical (unpaired) electrons. The molecule has 0 amide bonds. The van der Waals surface area contributed by atoms with Crippen LogP contribution in [0.25, 0.3) is 0 Å². The lowest BCUT2D eigenvalue weighted by atomic mass is 10.0. The van der Waals surface area contributed by atoms with Gasteiger partial charge in [0.15, 0.2) is 0 Å². The van der Waals surface area contributed by atoms with Gasteiger partial charge in [0, 0.05) is 9.75 Å². The Morgan fingerprint density at radius 1 is 1.21 bits per heavy atom. The van der Waals surface area contributed by atoms with Crippen LogP contribution < -0.4 is 11.3 Å². The van der Waals surface area contributed by atoms with Crippen LogP contribution in [0.15, 0.2) is 24.3 Å². The van der Waals surface area contributed by atoms with Crippen LogP contribution in [-0.4, -0.2) is 0 Å². The fourth-order valence-corrected chi connectivity index (χ4v) is 3.34. The van der Waals surface area contributed by atoms with Gasteiger partial charge in [-0.3, -0.25) is 11.3 Å². The van der Waals surface area contributed by atoms with Gasteiger partial charge in [0.2, 0.25) is 0 Å². The molecule has 0 saturated carbocycles. The van der Waals surface area contributed by atoms with Crippen LogP contribution >= 0.6 is 34.5 Å². The number of benzene rings is 1. The van der Waals surface area contributed by atoms with Crippen molar-refractivity contribution in [2.45, 2.75) is 26.3 Å². The van der Waals surface area contributed by atoms with Crippen molar-refractivity contribution in [3.63, 3.8) is 0 Å². The molecule has 19 heavy (non-hydrogen) atoms. The third-order valence-corrected chi connectivity index (χ3v) is 5.16. The zero-order valence-corrected chi connectivity index (χ0v) is 13.2. The van der Waals surface area contributed by atoms with Crippen LogP contribution in [-0.2, 0) is 6.42 Å². The van der Waals surface area contributed by atoms with Crippen molar-refractivity contribution in [2.24, 2.45) is 5.84 Å². The van der Waals surface area contributed by atoms with Gasteiger partial charge in [-0.25, -0.2) is 0 Å². The molecule has 5 heteroatoms. The number of hydrazine groups is 1. The Kier molecular flexibility index (Phi) is 4.87. The highest BCUT2D eigenvalue weighted by molar-refractivity contribution is 7.12. The molecule has 0 aliphatic rings. The molecular formula is C14H16Cl2N2S. The summed E-state index contributed by atoms with van der Waals surface area (Å²) in [4.78, 5) is 2.56. The van der Waals surface area contributed by atoms with E-state index in [4.69, 9.17) is 29.0 Å². The Bertz CT molecular complexity index is 561. The first-order valence-corrected chi connectivity index (χ1v) is 7.55. The van der Waals surface area contributed by atoms with E-state index >= 15 is 0 Å². The molecule has 0 aliphatic carbocycles.